The Morgan fingerprint density at radius 3 is 2.28 bits per heavy atom. The standard InChI is InChI=1S/C13H27N3O2/c1-3-5-13(11-14,6-4-2)12(17)15-16-7-9-18-10-8-16/h3-11,14H2,1-2H3,(H,15,17). The number of hydrogen-bond donors (Lipinski definition) is 2. The lowest BCUT2D eigenvalue weighted by Gasteiger charge is -2.35. The Labute approximate surface area is 110 Å². The lowest BCUT2D eigenvalue weighted by Crippen LogP contribution is -2.55. The van der Waals surface area contributed by atoms with Crippen molar-refractivity contribution in [3.63, 3.8) is 0 Å². The Bertz CT molecular complexity index is 247. The Kier molecular flexibility index (Phi) is 6.60. The zero-order valence-corrected chi connectivity index (χ0v) is 11.7. The summed E-state index contributed by atoms with van der Waals surface area (Å²) < 4.78 is 5.27. The number of hydrazine groups is 1. The molecule has 0 spiro atoms. The largest absolute Gasteiger partial charge is 0.379 e. The molecule has 0 atom stereocenters. The summed E-state index contributed by atoms with van der Waals surface area (Å²) in [6.07, 6.45) is 3.67. The van der Waals surface area contributed by atoms with Crippen LogP contribution in [0.3, 0.4) is 0 Å². The van der Waals surface area contributed by atoms with Crippen LogP contribution in [-0.4, -0.2) is 43.8 Å². The number of rotatable bonds is 7. The Balaban J connectivity index is 2.62. The van der Waals surface area contributed by atoms with Gasteiger partial charge in [0.1, 0.15) is 0 Å². The van der Waals surface area contributed by atoms with Gasteiger partial charge in [0.2, 0.25) is 5.91 Å². The minimum Gasteiger partial charge on any atom is -0.379 e. The van der Waals surface area contributed by atoms with E-state index in [2.05, 4.69) is 19.3 Å². The number of morpholine rings is 1. The fourth-order valence-corrected chi connectivity index (χ4v) is 2.54. The SMILES string of the molecule is CCCC(CN)(CCC)C(=O)NN1CCOCC1. The molecule has 1 rings (SSSR count). The third kappa shape index (κ3) is 3.93. The van der Waals surface area contributed by atoms with Crippen LogP contribution in [0, 0.1) is 5.41 Å². The molecule has 1 aliphatic heterocycles. The van der Waals surface area contributed by atoms with Crippen molar-refractivity contribution in [2.75, 3.05) is 32.8 Å². The summed E-state index contributed by atoms with van der Waals surface area (Å²) in [5, 5.41) is 1.95. The van der Waals surface area contributed by atoms with E-state index >= 15 is 0 Å². The van der Waals surface area contributed by atoms with Crippen LogP contribution in [0.5, 0.6) is 0 Å². The third-order valence-electron chi connectivity index (χ3n) is 3.60. The van der Waals surface area contributed by atoms with Gasteiger partial charge in [-0.3, -0.25) is 10.2 Å². The Morgan fingerprint density at radius 1 is 1.28 bits per heavy atom. The number of amides is 1. The second-order valence-corrected chi connectivity index (χ2v) is 5.02. The van der Waals surface area contributed by atoms with Crippen molar-refractivity contribution in [3.8, 4) is 0 Å². The Hall–Kier alpha value is -0.650. The summed E-state index contributed by atoms with van der Waals surface area (Å²) >= 11 is 0. The second-order valence-electron chi connectivity index (χ2n) is 5.02. The van der Waals surface area contributed by atoms with Gasteiger partial charge in [-0.05, 0) is 12.8 Å². The van der Waals surface area contributed by atoms with E-state index in [0.717, 1.165) is 38.8 Å². The summed E-state index contributed by atoms with van der Waals surface area (Å²) in [5.41, 5.74) is 8.50. The van der Waals surface area contributed by atoms with Crippen LogP contribution in [0.15, 0.2) is 0 Å². The van der Waals surface area contributed by atoms with Crippen LogP contribution in [0.2, 0.25) is 0 Å². The van der Waals surface area contributed by atoms with Crippen LogP contribution >= 0.6 is 0 Å². The van der Waals surface area contributed by atoms with Crippen LogP contribution in [0.1, 0.15) is 39.5 Å². The molecule has 1 amide bonds. The van der Waals surface area contributed by atoms with Gasteiger partial charge in [0.25, 0.3) is 0 Å². The van der Waals surface area contributed by atoms with Crippen molar-refractivity contribution in [1.82, 2.24) is 10.4 Å². The van der Waals surface area contributed by atoms with Gasteiger partial charge in [-0.25, -0.2) is 5.01 Å². The average molecular weight is 257 g/mol. The quantitative estimate of drug-likeness (QED) is 0.711. The topological polar surface area (TPSA) is 67.6 Å². The number of carbonyl (C=O) groups excluding carboxylic acids is 1. The highest BCUT2D eigenvalue weighted by Crippen LogP contribution is 2.29. The number of nitrogens with two attached hydrogens (primary N) is 1. The molecule has 3 N–H and O–H groups in total. The van der Waals surface area contributed by atoms with Gasteiger partial charge in [0.15, 0.2) is 0 Å². The normalized spacial score (nSPS) is 17.7. The molecule has 1 fully saturated rings. The maximum atomic E-state index is 12.5. The van der Waals surface area contributed by atoms with Gasteiger partial charge >= 0.3 is 0 Å². The van der Waals surface area contributed by atoms with Crippen LogP contribution in [-0.2, 0) is 9.53 Å². The molecule has 0 radical (unpaired) electrons. The number of carbonyl (C=O) groups is 1. The first kappa shape index (κ1) is 15.4. The first-order valence-electron chi connectivity index (χ1n) is 7.02. The minimum absolute atomic E-state index is 0.0793. The molecule has 1 aliphatic rings. The summed E-state index contributed by atoms with van der Waals surface area (Å²) in [6.45, 7) is 7.49. The second kappa shape index (κ2) is 7.71. The molecule has 1 saturated heterocycles. The van der Waals surface area contributed by atoms with E-state index in [9.17, 15) is 4.79 Å². The molecular weight excluding hydrogens is 230 g/mol. The molecule has 0 aromatic heterocycles. The van der Waals surface area contributed by atoms with E-state index in [1.807, 2.05) is 5.01 Å². The van der Waals surface area contributed by atoms with E-state index in [4.69, 9.17) is 10.5 Å². The van der Waals surface area contributed by atoms with E-state index < -0.39 is 5.41 Å². The van der Waals surface area contributed by atoms with Crippen molar-refractivity contribution in [2.45, 2.75) is 39.5 Å². The molecule has 5 nitrogen and oxygen atoms in total. The molecular formula is C13H27N3O2. The minimum atomic E-state index is -0.401. The van der Waals surface area contributed by atoms with Gasteiger partial charge in [-0.2, -0.15) is 0 Å². The highest BCUT2D eigenvalue weighted by molar-refractivity contribution is 5.82. The maximum absolute atomic E-state index is 12.5. The molecule has 0 unspecified atom stereocenters. The van der Waals surface area contributed by atoms with Crippen molar-refractivity contribution < 1.29 is 9.53 Å². The number of ether oxygens (including phenoxy) is 1. The van der Waals surface area contributed by atoms with E-state index in [0.29, 0.717) is 19.8 Å². The van der Waals surface area contributed by atoms with Crippen molar-refractivity contribution in [3.05, 3.63) is 0 Å². The molecule has 0 aliphatic carbocycles. The summed E-state index contributed by atoms with van der Waals surface area (Å²) in [6, 6.07) is 0. The highest BCUT2D eigenvalue weighted by atomic mass is 16.5. The first-order chi connectivity index (χ1) is 8.68. The molecule has 5 heteroatoms. The van der Waals surface area contributed by atoms with Crippen LogP contribution in [0.4, 0.5) is 0 Å². The molecule has 1 heterocycles. The molecule has 0 aromatic rings. The predicted molar refractivity (Wildman–Crippen MR) is 71.8 cm³/mol. The van der Waals surface area contributed by atoms with Gasteiger partial charge in [-0.15, -0.1) is 0 Å². The zero-order chi connectivity index (χ0) is 13.4. The number of nitrogens with one attached hydrogen (secondary N) is 1. The van der Waals surface area contributed by atoms with Crippen molar-refractivity contribution in [2.24, 2.45) is 11.1 Å². The Morgan fingerprint density at radius 2 is 1.83 bits per heavy atom. The van der Waals surface area contributed by atoms with Crippen LogP contribution in [0.25, 0.3) is 0 Å². The van der Waals surface area contributed by atoms with E-state index in [-0.39, 0.29) is 5.91 Å². The zero-order valence-electron chi connectivity index (χ0n) is 11.7. The van der Waals surface area contributed by atoms with Crippen LogP contribution < -0.4 is 11.2 Å². The van der Waals surface area contributed by atoms with Gasteiger partial charge < -0.3 is 10.5 Å². The van der Waals surface area contributed by atoms with Crippen molar-refractivity contribution in [1.29, 1.82) is 0 Å². The fourth-order valence-electron chi connectivity index (χ4n) is 2.54. The monoisotopic (exact) mass is 257 g/mol. The summed E-state index contributed by atoms with van der Waals surface area (Å²) in [4.78, 5) is 12.5. The third-order valence-corrected chi connectivity index (χ3v) is 3.60. The fraction of sp³-hybridized carbons (Fsp3) is 0.923. The van der Waals surface area contributed by atoms with Crippen molar-refractivity contribution >= 4 is 5.91 Å². The molecule has 106 valence electrons. The predicted octanol–water partition coefficient (Wildman–Crippen LogP) is 0.895. The molecule has 0 aromatic carbocycles. The lowest BCUT2D eigenvalue weighted by molar-refractivity contribution is -0.138. The first-order valence-corrected chi connectivity index (χ1v) is 7.02. The number of hydrogen-bond acceptors (Lipinski definition) is 4. The number of nitrogens with zero attached hydrogens (tertiary/aromatic N) is 1. The summed E-state index contributed by atoms with van der Waals surface area (Å²) in [5.74, 6) is 0.0793. The maximum Gasteiger partial charge on any atom is 0.241 e. The highest BCUT2D eigenvalue weighted by Gasteiger charge is 2.36. The van der Waals surface area contributed by atoms with E-state index in [1.165, 1.54) is 0 Å². The summed E-state index contributed by atoms with van der Waals surface area (Å²) in [7, 11) is 0. The lowest BCUT2D eigenvalue weighted by atomic mass is 9.78. The average Bonchev–Trinajstić information content (AvgIpc) is 2.39. The van der Waals surface area contributed by atoms with E-state index in [1.54, 1.807) is 0 Å². The van der Waals surface area contributed by atoms with Gasteiger partial charge in [0.05, 0.1) is 18.6 Å². The van der Waals surface area contributed by atoms with Gasteiger partial charge in [-0.1, -0.05) is 26.7 Å². The molecule has 0 bridgehead atoms. The molecule has 0 saturated carbocycles. The van der Waals surface area contributed by atoms with Gasteiger partial charge in [0, 0.05) is 19.6 Å². The smallest absolute Gasteiger partial charge is 0.241 e. The molecule has 18 heavy (non-hydrogen) atoms.